The number of nitrogens with two attached hydrogens (primary N) is 1. The predicted molar refractivity (Wildman–Crippen MR) is 74.5 cm³/mol. The summed E-state index contributed by atoms with van der Waals surface area (Å²) in [6, 6.07) is 0. The molecular weight excluding hydrogens is 228 g/mol. The molecule has 3 N–H and O–H groups in total. The SMILES string of the molecule is CC(C)(CN)CCCN1CC(CO)OC(C)(C)C1. The predicted octanol–water partition coefficient (Wildman–Crippen LogP) is 1.22. The second-order valence-electron chi connectivity index (χ2n) is 6.89. The highest BCUT2D eigenvalue weighted by Crippen LogP contribution is 2.23. The number of nitrogens with zero attached hydrogens (tertiary/aromatic N) is 1. The summed E-state index contributed by atoms with van der Waals surface area (Å²) in [6.45, 7) is 12.3. The molecule has 18 heavy (non-hydrogen) atoms. The van der Waals surface area contributed by atoms with Gasteiger partial charge in [-0.15, -0.1) is 0 Å². The Kier molecular flexibility index (Phi) is 5.59. The quantitative estimate of drug-likeness (QED) is 0.752. The van der Waals surface area contributed by atoms with Crippen molar-refractivity contribution in [2.24, 2.45) is 11.1 Å². The van der Waals surface area contributed by atoms with Crippen molar-refractivity contribution in [1.82, 2.24) is 4.90 Å². The number of morpholine rings is 1. The van der Waals surface area contributed by atoms with E-state index < -0.39 is 0 Å². The first-order valence-corrected chi connectivity index (χ1v) is 6.99. The number of ether oxygens (including phenoxy) is 1. The van der Waals surface area contributed by atoms with E-state index in [1.54, 1.807) is 0 Å². The van der Waals surface area contributed by atoms with Crippen LogP contribution in [0.5, 0.6) is 0 Å². The van der Waals surface area contributed by atoms with Crippen LogP contribution in [0.3, 0.4) is 0 Å². The fraction of sp³-hybridized carbons (Fsp3) is 1.00. The minimum absolute atomic E-state index is 0.0451. The summed E-state index contributed by atoms with van der Waals surface area (Å²) < 4.78 is 5.81. The minimum atomic E-state index is -0.158. The molecule has 0 bridgehead atoms. The van der Waals surface area contributed by atoms with Crippen LogP contribution in [0.4, 0.5) is 0 Å². The van der Waals surface area contributed by atoms with E-state index in [1.165, 1.54) is 0 Å². The van der Waals surface area contributed by atoms with Crippen molar-refractivity contribution in [1.29, 1.82) is 0 Å². The van der Waals surface area contributed by atoms with Gasteiger partial charge in [-0.3, -0.25) is 4.90 Å². The molecule has 0 aromatic heterocycles. The van der Waals surface area contributed by atoms with Gasteiger partial charge in [0.15, 0.2) is 0 Å². The second kappa shape index (κ2) is 6.33. The van der Waals surface area contributed by atoms with Gasteiger partial charge >= 0.3 is 0 Å². The summed E-state index contributed by atoms with van der Waals surface area (Å²) >= 11 is 0. The third-order valence-corrected chi connectivity index (χ3v) is 3.64. The lowest BCUT2D eigenvalue weighted by Gasteiger charge is -2.42. The van der Waals surface area contributed by atoms with Gasteiger partial charge in [0.2, 0.25) is 0 Å². The Bertz CT molecular complexity index is 254. The highest BCUT2D eigenvalue weighted by atomic mass is 16.5. The maximum atomic E-state index is 9.27. The van der Waals surface area contributed by atoms with E-state index in [0.717, 1.165) is 39.0 Å². The zero-order chi connectivity index (χ0) is 13.8. The number of aliphatic hydroxyl groups is 1. The lowest BCUT2D eigenvalue weighted by atomic mass is 9.88. The number of rotatable bonds is 6. The summed E-state index contributed by atoms with van der Waals surface area (Å²) in [5, 5.41) is 9.27. The minimum Gasteiger partial charge on any atom is -0.394 e. The Labute approximate surface area is 111 Å². The van der Waals surface area contributed by atoms with Gasteiger partial charge in [0.25, 0.3) is 0 Å². The molecule has 0 aromatic rings. The van der Waals surface area contributed by atoms with Crippen molar-refractivity contribution in [2.75, 3.05) is 32.8 Å². The van der Waals surface area contributed by atoms with Crippen LogP contribution in [0.2, 0.25) is 0 Å². The van der Waals surface area contributed by atoms with Crippen LogP contribution >= 0.6 is 0 Å². The van der Waals surface area contributed by atoms with Crippen molar-refractivity contribution in [3.05, 3.63) is 0 Å². The third-order valence-electron chi connectivity index (χ3n) is 3.64. The molecule has 1 aliphatic heterocycles. The number of aliphatic hydroxyl groups excluding tert-OH is 1. The summed E-state index contributed by atoms with van der Waals surface area (Å²) in [7, 11) is 0. The molecule has 0 saturated carbocycles. The van der Waals surface area contributed by atoms with Gasteiger partial charge in [-0.05, 0) is 45.2 Å². The van der Waals surface area contributed by atoms with Crippen LogP contribution in [-0.4, -0.2) is 54.5 Å². The number of hydrogen-bond acceptors (Lipinski definition) is 4. The highest BCUT2D eigenvalue weighted by Gasteiger charge is 2.32. The normalized spacial score (nSPS) is 25.3. The Morgan fingerprint density at radius 2 is 2.11 bits per heavy atom. The van der Waals surface area contributed by atoms with E-state index in [2.05, 4.69) is 32.6 Å². The summed E-state index contributed by atoms with van der Waals surface area (Å²) in [4.78, 5) is 2.40. The van der Waals surface area contributed by atoms with Crippen molar-refractivity contribution in [3.63, 3.8) is 0 Å². The largest absolute Gasteiger partial charge is 0.394 e. The maximum absolute atomic E-state index is 9.27. The van der Waals surface area contributed by atoms with Crippen LogP contribution in [0, 0.1) is 5.41 Å². The van der Waals surface area contributed by atoms with Gasteiger partial charge < -0.3 is 15.6 Å². The van der Waals surface area contributed by atoms with E-state index >= 15 is 0 Å². The van der Waals surface area contributed by atoms with Gasteiger partial charge in [-0.2, -0.15) is 0 Å². The van der Waals surface area contributed by atoms with Crippen molar-refractivity contribution >= 4 is 0 Å². The molecule has 4 nitrogen and oxygen atoms in total. The molecule has 1 fully saturated rings. The zero-order valence-electron chi connectivity index (χ0n) is 12.4. The third kappa shape index (κ3) is 5.22. The second-order valence-corrected chi connectivity index (χ2v) is 6.89. The van der Waals surface area contributed by atoms with Crippen LogP contribution in [0.15, 0.2) is 0 Å². The highest BCUT2D eigenvalue weighted by molar-refractivity contribution is 4.84. The monoisotopic (exact) mass is 258 g/mol. The average Bonchev–Trinajstić information content (AvgIpc) is 2.26. The fourth-order valence-electron chi connectivity index (χ4n) is 2.57. The summed E-state index contributed by atoms with van der Waals surface area (Å²) in [6.07, 6.45) is 2.25. The maximum Gasteiger partial charge on any atom is 0.0940 e. The molecule has 1 aliphatic rings. The molecule has 0 aromatic carbocycles. The van der Waals surface area contributed by atoms with Crippen molar-refractivity contribution in [2.45, 2.75) is 52.2 Å². The Balaban J connectivity index is 2.37. The first-order valence-electron chi connectivity index (χ1n) is 6.99. The van der Waals surface area contributed by atoms with E-state index in [-0.39, 0.29) is 23.7 Å². The van der Waals surface area contributed by atoms with E-state index in [4.69, 9.17) is 10.5 Å². The Hall–Kier alpha value is -0.160. The molecule has 0 spiro atoms. The topological polar surface area (TPSA) is 58.7 Å². The number of hydrogen-bond donors (Lipinski definition) is 2. The summed E-state index contributed by atoms with van der Waals surface area (Å²) in [5.41, 5.74) is 5.82. The van der Waals surface area contributed by atoms with Crippen molar-refractivity contribution in [3.8, 4) is 0 Å². The van der Waals surface area contributed by atoms with Crippen LogP contribution in [-0.2, 0) is 4.74 Å². The molecule has 1 heterocycles. The van der Waals surface area contributed by atoms with Crippen molar-refractivity contribution < 1.29 is 9.84 Å². The Morgan fingerprint density at radius 3 is 2.67 bits per heavy atom. The van der Waals surface area contributed by atoms with E-state index in [9.17, 15) is 5.11 Å². The van der Waals surface area contributed by atoms with E-state index in [0.29, 0.717) is 0 Å². The lowest BCUT2D eigenvalue weighted by molar-refractivity contribution is -0.149. The van der Waals surface area contributed by atoms with Gasteiger partial charge in [0.1, 0.15) is 0 Å². The van der Waals surface area contributed by atoms with Crippen LogP contribution in [0.1, 0.15) is 40.5 Å². The molecule has 1 atom stereocenters. The average molecular weight is 258 g/mol. The molecule has 1 rings (SSSR count). The summed E-state index contributed by atoms with van der Waals surface area (Å²) in [5.74, 6) is 0. The first-order chi connectivity index (χ1) is 8.28. The molecular formula is C14H30N2O2. The van der Waals surface area contributed by atoms with Gasteiger partial charge in [0.05, 0.1) is 18.3 Å². The molecule has 1 saturated heterocycles. The van der Waals surface area contributed by atoms with Gasteiger partial charge in [0, 0.05) is 13.1 Å². The first kappa shape index (κ1) is 15.9. The molecule has 4 heteroatoms. The van der Waals surface area contributed by atoms with E-state index in [1.807, 2.05) is 0 Å². The molecule has 0 radical (unpaired) electrons. The fourth-order valence-corrected chi connectivity index (χ4v) is 2.57. The molecule has 0 aliphatic carbocycles. The Morgan fingerprint density at radius 1 is 1.44 bits per heavy atom. The van der Waals surface area contributed by atoms with Gasteiger partial charge in [-0.1, -0.05) is 13.8 Å². The standard InChI is InChI=1S/C14H30N2O2/c1-13(2,10-15)6-5-7-16-8-12(9-17)18-14(3,4)11-16/h12,17H,5-11,15H2,1-4H3. The molecule has 108 valence electrons. The molecule has 0 amide bonds. The zero-order valence-corrected chi connectivity index (χ0v) is 12.4. The smallest absolute Gasteiger partial charge is 0.0940 e. The van der Waals surface area contributed by atoms with Gasteiger partial charge in [-0.25, -0.2) is 0 Å². The van der Waals surface area contributed by atoms with Crippen LogP contribution < -0.4 is 5.73 Å². The molecule has 1 unspecified atom stereocenters. The van der Waals surface area contributed by atoms with Crippen LogP contribution in [0.25, 0.3) is 0 Å². The lowest BCUT2D eigenvalue weighted by Crippen LogP contribution is -2.54.